The highest BCUT2D eigenvalue weighted by molar-refractivity contribution is 7.89. The molecule has 7 nitrogen and oxygen atoms in total. The normalized spacial score (nSPS) is 11.3. The number of nitrogens with one attached hydrogen (secondary N) is 2. The molecule has 0 unspecified atom stereocenters. The summed E-state index contributed by atoms with van der Waals surface area (Å²) >= 11 is 0. The van der Waals surface area contributed by atoms with E-state index in [0.29, 0.717) is 24.5 Å². The molecule has 0 saturated heterocycles. The van der Waals surface area contributed by atoms with Crippen LogP contribution >= 0.6 is 0 Å². The standard InChI is InChI=1S/C19H24FN3O4S/c1-4-23(5-2)28(25,26)14-10-11-18(27-3)17(12-14)21-13-19(24)22-16-9-7-6-8-15(16)20/h6-12,21H,4-5,13H2,1-3H3,(H,22,24). The van der Waals surface area contributed by atoms with E-state index in [1.807, 2.05) is 0 Å². The van der Waals surface area contributed by atoms with Crippen molar-refractivity contribution in [2.45, 2.75) is 18.7 Å². The molecular weight excluding hydrogens is 385 g/mol. The molecule has 0 aliphatic carbocycles. The average Bonchev–Trinajstić information content (AvgIpc) is 2.68. The summed E-state index contributed by atoms with van der Waals surface area (Å²) in [6, 6.07) is 10.2. The van der Waals surface area contributed by atoms with Crippen LogP contribution < -0.4 is 15.4 Å². The van der Waals surface area contributed by atoms with Crippen LogP contribution in [0.1, 0.15) is 13.8 Å². The zero-order chi connectivity index (χ0) is 20.7. The summed E-state index contributed by atoms with van der Waals surface area (Å²) in [5.41, 5.74) is 0.415. The SMILES string of the molecule is CCN(CC)S(=O)(=O)c1ccc(OC)c(NCC(=O)Nc2ccccc2F)c1. The van der Waals surface area contributed by atoms with Gasteiger partial charge in [-0.1, -0.05) is 26.0 Å². The number of halogens is 1. The third-order valence-electron chi connectivity index (χ3n) is 4.10. The molecule has 2 rings (SSSR count). The van der Waals surface area contributed by atoms with Gasteiger partial charge in [0.25, 0.3) is 0 Å². The first-order valence-electron chi connectivity index (χ1n) is 8.79. The van der Waals surface area contributed by atoms with E-state index in [1.54, 1.807) is 19.9 Å². The lowest BCUT2D eigenvalue weighted by Gasteiger charge is -2.20. The van der Waals surface area contributed by atoms with Gasteiger partial charge in [0.2, 0.25) is 15.9 Å². The van der Waals surface area contributed by atoms with Gasteiger partial charge in [-0.05, 0) is 30.3 Å². The molecule has 2 aromatic carbocycles. The molecule has 0 fully saturated rings. The van der Waals surface area contributed by atoms with Crippen LogP contribution in [0.2, 0.25) is 0 Å². The number of methoxy groups -OCH3 is 1. The fourth-order valence-corrected chi connectivity index (χ4v) is 4.12. The summed E-state index contributed by atoms with van der Waals surface area (Å²) in [5, 5.41) is 5.30. The minimum absolute atomic E-state index is 0.0686. The lowest BCUT2D eigenvalue weighted by Crippen LogP contribution is -2.30. The van der Waals surface area contributed by atoms with Gasteiger partial charge in [0.1, 0.15) is 11.6 Å². The maximum absolute atomic E-state index is 13.6. The summed E-state index contributed by atoms with van der Waals surface area (Å²) in [5.74, 6) is -0.637. The van der Waals surface area contributed by atoms with E-state index in [1.165, 1.54) is 47.8 Å². The van der Waals surface area contributed by atoms with Crippen LogP contribution in [0.4, 0.5) is 15.8 Å². The van der Waals surface area contributed by atoms with E-state index < -0.39 is 21.7 Å². The quantitative estimate of drug-likeness (QED) is 0.665. The first-order valence-corrected chi connectivity index (χ1v) is 10.2. The highest BCUT2D eigenvalue weighted by Crippen LogP contribution is 2.28. The van der Waals surface area contributed by atoms with Gasteiger partial charge in [0.05, 0.1) is 29.9 Å². The Morgan fingerprint density at radius 2 is 1.79 bits per heavy atom. The summed E-state index contributed by atoms with van der Waals surface area (Å²) in [4.78, 5) is 12.2. The Labute approximate surface area is 164 Å². The third kappa shape index (κ3) is 4.99. The number of amides is 1. The summed E-state index contributed by atoms with van der Waals surface area (Å²) in [6.07, 6.45) is 0. The number of ether oxygens (including phenoxy) is 1. The maximum Gasteiger partial charge on any atom is 0.243 e. The lowest BCUT2D eigenvalue weighted by atomic mass is 10.3. The number of benzene rings is 2. The molecule has 0 heterocycles. The number of anilines is 2. The maximum atomic E-state index is 13.6. The summed E-state index contributed by atoms with van der Waals surface area (Å²) in [6.45, 7) is 4.02. The molecule has 0 aliphatic rings. The van der Waals surface area contributed by atoms with Gasteiger partial charge < -0.3 is 15.4 Å². The van der Waals surface area contributed by atoms with Crippen LogP contribution in [0.15, 0.2) is 47.4 Å². The van der Waals surface area contributed by atoms with Crippen molar-refractivity contribution in [2.75, 3.05) is 37.4 Å². The van der Waals surface area contributed by atoms with Crippen LogP contribution in [0.3, 0.4) is 0 Å². The van der Waals surface area contributed by atoms with Crippen molar-refractivity contribution in [3.63, 3.8) is 0 Å². The van der Waals surface area contributed by atoms with Crippen LogP contribution in [0, 0.1) is 5.82 Å². The fraction of sp³-hybridized carbons (Fsp3) is 0.316. The van der Waals surface area contributed by atoms with Crippen LogP contribution in [0.25, 0.3) is 0 Å². The van der Waals surface area contributed by atoms with Crippen molar-refractivity contribution in [2.24, 2.45) is 0 Å². The van der Waals surface area contributed by atoms with Crippen LogP contribution in [0.5, 0.6) is 5.75 Å². The zero-order valence-electron chi connectivity index (χ0n) is 16.0. The van der Waals surface area contributed by atoms with Gasteiger partial charge >= 0.3 is 0 Å². The molecule has 2 N–H and O–H groups in total. The number of carbonyl (C=O) groups is 1. The van der Waals surface area contributed by atoms with E-state index in [4.69, 9.17) is 4.74 Å². The van der Waals surface area contributed by atoms with E-state index in [0.717, 1.165) is 0 Å². The first-order chi connectivity index (χ1) is 13.3. The molecule has 0 saturated carbocycles. The predicted molar refractivity (Wildman–Crippen MR) is 107 cm³/mol. The topological polar surface area (TPSA) is 87.7 Å². The summed E-state index contributed by atoms with van der Waals surface area (Å²) < 4.78 is 45.6. The Bertz CT molecular complexity index is 931. The number of hydrogen-bond donors (Lipinski definition) is 2. The third-order valence-corrected chi connectivity index (χ3v) is 6.15. The second-order valence-electron chi connectivity index (χ2n) is 5.83. The predicted octanol–water partition coefficient (Wildman–Crippen LogP) is 2.92. The number of sulfonamides is 1. The van der Waals surface area contributed by atoms with Crippen molar-refractivity contribution in [3.05, 3.63) is 48.3 Å². The number of nitrogens with zero attached hydrogens (tertiary/aromatic N) is 1. The van der Waals surface area contributed by atoms with Crippen LogP contribution in [-0.4, -0.2) is 45.4 Å². The second kappa shape index (κ2) is 9.52. The molecular formula is C19H24FN3O4S. The average molecular weight is 409 g/mol. The first kappa shape index (κ1) is 21.6. The number of hydrogen-bond acceptors (Lipinski definition) is 5. The Morgan fingerprint density at radius 1 is 1.11 bits per heavy atom. The van der Waals surface area contributed by atoms with Gasteiger partial charge in [-0.3, -0.25) is 4.79 Å². The monoisotopic (exact) mass is 409 g/mol. The minimum Gasteiger partial charge on any atom is -0.495 e. The molecule has 152 valence electrons. The van der Waals surface area contributed by atoms with Gasteiger partial charge in [-0.2, -0.15) is 4.31 Å². The largest absolute Gasteiger partial charge is 0.495 e. The molecule has 28 heavy (non-hydrogen) atoms. The number of rotatable bonds is 9. The Balaban J connectivity index is 2.18. The number of carbonyl (C=O) groups excluding carboxylic acids is 1. The molecule has 0 aromatic heterocycles. The lowest BCUT2D eigenvalue weighted by molar-refractivity contribution is -0.114. The highest BCUT2D eigenvalue weighted by Gasteiger charge is 2.23. The van der Waals surface area contributed by atoms with Crippen molar-refractivity contribution in [1.82, 2.24) is 4.31 Å². The Kier molecular flexibility index (Phi) is 7.36. The number of para-hydroxylation sites is 1. The van der Waals surface area contributed by atoms with E-state index in [9.17, 15) is 17.6 Å². The van der Waals surface area contributed by atoms with Crippen molar-refractivity contribution in [3.8, 4) is 5.75 Å². The molecule has 0 bridgehead atoms. The summed E-state index contributed by atoms with van der Waals surface area (Å²) in [7, 11) is -2.21. The van der Waals surface area contributed by atoms with Crippen molar-refractivity contribution < 1.29 is 22.3 Å². The van der Waals surface area contributed by atoms with Crippen LogP contribution in [-0.2, 0) is 14.8 Å². The van der Waals surface area contributed by atoms with Crippen molar-refractivity contribution in [1.29, 1.82) is 0 Å². The molecule has 0 spiro atoms. The van der Waals surface area contributed by atoms with Gasteiger partial charge in [0.15, 0.2) is 0 Å². The van der Waals surface area contributed by atoms with Crippen molar-refractivity contribution >= 4 is 27.3 Å². The van der Waals surface area contributed by atoms with Gasteiger partial charge in [0, 0.05) is 13.1 Å². The zero-order valence-corrected chi connectivity index (χ0v) is 16.8. The minimum atomic E-state index is -3.65. The molecule has 9 heteroatoms. The van der Waals surface area contributed by atoms with E-state index in [-0.39, 0.29) is 17.1 Å². The van der Waals surface area contributed by atoms with E-state index >= 15 is 0 Å². The van der Waals surface area contributed by atoms with Gasteiger partial charge in [-0.15, -0.1) is 0 Å². The molecule has 0 aliphatic heterocycles. The smallest absolute Gasteiger partial charge is 0.243 e. The molecule has 0 atom stereocenters. The molecule has 1 amide bonds. The molecule has 0 radical (unpaired) electrons. The highest BCUT2D eigenvalue weighted by atomic mass is 32.2. The van der Waals surface area contributed by atoms with E-state index in [2.05, 4.69) is 10.6 Å². The molecule has 2 aromatic rings. The Hall–Kier alpha value is -2.65. The second-order valence-corrected chi connectivity index (χ2v) is 7.77. The Morgan fingerprint density at radius 3 is 2.39 bits per heavy atom. The van der Waals surface area contributed by atoms with Gasteiger partial charge in [-0.25, -0.2) is 12.8 Å². The fourth-order valence-electron chi connectivity index (χ4n) is 2.63.